The van der Waals surface area contributed by atoms with Crippen molar-refractivity contribution in [2.75, 3.05) is 50.9 Å². The average Bonchev–Trinajstić information content (AvgIpc) is 2.83. The van der Waals surface area contributed by atoms with Crippen LogP contribution in [-0.2, 0) is 11.8 Å². The predicted octanol–water partition coefficient (Wildman–Crippen LogP) is 0.0602. The van der Waals surface area contributed by atoms with Gasteiger partial charge in [0.15, 0.2) is 0 Å². The van der Waals surface area contributed by atoms with E-state index in [1.165, 1.54) is 16.8 Å². The van der Waals surface area contributed by atoms with Crippen LogP contribution in [0.15, 0.2) is 16.9 Å². The Morgan fingerprint density at radius 3 is 2.88 bits per heavy atom. The maximum absolute atomic E-state index is 13.0. The smallest absolute Gasteiger partial charge is 0.274 e. The summed E-state index contributed by atoms with van der Waals surface area (Å²) in [6.45, 7) is 4.97. The molecule has 0 aliphatic carbocycles. The summed E-state index contributed by atoms with van der Waals surface area (Å²) in [6.07, 6.45) is 0.988. The molecule has 8 heteroatoms. The van der Waals surface area contributed by atoms with E-state index < -0.39 is 0 Å². The van der Waals surface area contributed by atoms with E-state index in [1.54, 1.807) is 7.05 Å². The maximum atomic E-state index is 13.0. The monoisotopic (exact) mass is 352 g/mol. The number of rotatable bonds is 3. The third kappa shape index (κ3) is 4.17. The second-order valence-electron chi connectivity index (χ2n) is 6.17. The number of hydrogen-bond acceptors (Lipinski definition) is 6. The molecule has 0 radical (unpaired) electrons. The molecule has 24 heavy (non-hydrogen) atoms. The first-order chi connectivity index (χ1) is 11.6. The first kappa shape index (κ1) is 17.4. The number of carbonyl (C=O) groups is 1. The Bertz CT molecular complexity index is 630. The van der Waals surface area contributed by atoms with Gasteiger partial charge in [-0.05, 0) is 18.2 Å². The van der Waals surface area contributed by atoms with Crippen LogP contribution in [0.1, 0.15) is 16.9 Å². The number of aromatic nitrogens is 2. The van der Waals surface area contributed by atoms with Gasteiger partial charge in [-0.25, -0.2) is 4.68 Å². The van der Waals surface area contributed by atoms with Crippen molar-refractivity contribution in [3.63, 3.8) is 0 Å². The second kappa shape index (κ2) is 8.13. The molecule has 2 aliphatic rings. The fourth-order valence-electron chi connectivity index (χ4n) is 3.09. The van der Waals surface area contributed by atoms with Crippen LogP contribution < -0.4 is 5.56 Å². The van der Waals surface area contributed by atoms with Crippen molar-refractivity contribution in [2.45, 2.75) is 12.5 Å². The number of nitrogens with zero attached hydrogens (tertiary/aromatic N) is 4. The zero-order chi connectivity index (χ0) is 16.9. The Hall–Kier alpha value is -1.38. The summed E-state index contributed by atoms with van der Waals surface area (Å²) in [5.41, 5.74) is 0.138. The molecule has 3 heterocycles. The van der Waals surface area contributed by atoms with Crippen molar-refractivity contribution in [3.8, 4) is 0 Å². The molecule has 2 aliphatic heterocycles. The van der Waals surface area contributed by atoms with Gasteiger partial charge >= 0.3 is 0 Å². The van der Waals surface area contributed by atoms with Crippen LogP contribution in [-0.4, -0.2) is 82.4 Å². The van der Waals surface area contributed by atoms with E-state index in [0.29, 0.717) is 5.69 Å². The number of ether oxygens (including phenoxy) is 1. The molecule has 2 saturated heterocycles. The molecule has 0 N–H and O–H groups in total. The predicted molar refractivity (Wildman–Crippen MR) is 93.5 cm³/mol. The van der Waals surface area contributed by atoms with Crippen molar-refractivity contribution < 1.29 is 9.53 Å². The molecule has 1 unspecified atom stereocenters. The molecular weight excluding hydrogens is 328 g/mol. The van der Waals surface area contributed by atoms with Gasteiger partial charge in [-0.2, -0.15) is 16.9 Å². The van der Waals surface area contributed by atoms with Crippen molar-refractivity contribution in [1.29, 1.82) is 0 Å². The van der Waals surface area contributed by atoms with Gasteiger partial charge in [0.2, 0.25) is 0 Å². The summed E-state index contributed by atoms with van der Waals surface area (Å²) in [7, 11) is 1.57. The number of aryl methyl sites for hydroxylation is 1. The van der Waals surface area contributed by atoms with Crippen molar-refractivity contribution >= 4 is 17.7 Å². The van der Waals surface area contributed by atoms with Crippen LogP contribution in [0, 0.1) is 0 Å². The third-order valence-corrected chi connectivity index (χ3v) is 5.65. The molecule has 0 aromatic carbocycles. The lowest BCUT2D eigenvalue weighted by atomic mass is 10.2. The fourth-order valence-corrected chi connectivity index (χ4v) is 4.15. The summed E-state index contributed by atoms with van der Waals surface area (Å²) in [5.74, 6) is 1.94. The lowest BCUT2D eigenvalue weighted by Gasteiger charge is -2.35. The van der Waals surface area contributed by atoms with Crippen LogP contribution in [0.4, 0.5) is 0 Å². The molecule has 1 aromatic rings. The Morgan fingerprint density at radius 1 is 1.33 bits per heavy atom. The maximum Gasteiger partial charge on any atom is 0.274 e. The van der Waals surface area contributed by atoms with Gasteiger partial charge in [0.05, 0.1) is 19.3 Å². The highest BCUT2D eigenvalue weighted by molar-refractivity contribution is 7.99. The summed E-state index contributed by atoms with van der Waals surface area (Å²) in [4.78, 5) is 28.8. The van der Waals surface area contributed by atoms with E-state index in [1.807, 2.05) is 16.7 Å². The molecule has 7 nitrogen and oxygen atoms in total. The SMILES string of the molecule is Cn1nc(C(=O)N2CCCSCC2CN2CCOCC2)ccc1=O. The minimum atomic E-state index is -0.206. The lowest BCUT2D eigenvalue weighted by molar-refractivity contribution is 0.0243. The first-order valence-corrected chi connectivity index (χ1v) is 9.54. The normalized spacial score (nSPS) is 23.0. The number of hydrogen-bond donors (Lipinski definition) is 0. The minimum absolute atomic E-state index is 0.0774. The van der Waals surface area contributed by atoms with Crippen LogP contribution in [0.5, 0.6) is 0 Å². The zero-order valence-electron chi connectivity index (χ0n) is 14.0. The molecule has 0 bridgehead atoms. The molecule has 1 amide bonds. The third-order valence-electron chi connectivity index (χ3n) is 4.45. The van der Waals surface area contributed by atoms with Crippen LogP contribution in [0.3, 0.4) is 0 Å². The van der Waals surface area contributed by atoms with Gasteiger partial charge in [-0.3, -0.25) is 14.5 Å². The van der Waals surface area contributed by atoms with E-state index >= 15 is 0 Å². The average molecular weight is 352 g/mol. The van der Waals surface area contributed by atoms with Crippen LogP contribution in [0.25, 0.3) is 0 Å². The first-order valence-electron chi connectivity index (χ1n) is 8.38. The van der Waals surface area contributed by atoms with Gasteiger partial charge in [0.1, 0.15) is 5.69 Å². The second-order valence-corrected chi connectivity index (χ2v) is 7.32. The summed E-state index contributed by atoms with van der Waals surface area (Å²) < 4.78 is 6.63. The van der Waals surface area contributed by atoms with Gasteiger partial charge < -0.3 is 9.64 Å². The molecule has 2 fully saturated rings. The van der Waals surface area contributed by atoms with Gasteiger partial charge in [-0.1, -0.05) is 0 Å². The Morgan fingerprint density at radius 2 is 2.12 bits per heavy atom. The number of amides is 1. The number of thioether (sulfide) groups is 1. The Kier molecular flexibility index (Phi) is 5.91. The highest BCUT2D eigenvalue weighted by atomic mass is 32.2. The highest BCUT2D eigenvalue weighted by Crippen LogP contribution is 2.19. The summed E-state index contributed by atoms with van der Waals surface area (Å²) in [5, 5.41) is 4.13. The van der Waals surface area contributed by atoms with Crippen molar-refractivity contribution in [1.82, 2.24) is 19.6 Å². The molecule has 1 aromatic heterocycles. The van der Waals surface area contributed by atoms with Gasteiger partial charge in [-0.15, -0.1) is 0 Å². The van der Waals surface area contributed by atoms with E-state index in [9.17, 15) is 9.59 Å². The summed E-state index contributed by atoms with van der Waals surface area (Å²) >= 11 is 1.91. The fraction of sp³-hybridized carbons (Fsp3) is 0.688. The van der Waals surface area contributed by atoms with E-state index in [-0.39, 0.29) is 17.5 Å². The minimum Gasteiger partial charge on any atom is -0.379 e. The molecule has 0 saturated carbocycles. The lowest BCUT2D eigenvalue weighted by Crippen LogP contribution is -2.50. The molecule has 1 atom stereocenters. The van der Waals surface area contributed by atoms with Gasteiger partial charge in [0.25, 0.3) is 11.5 Å². The largest absolute Gasteiger partial charge is 0.379 e. The quantitative estimate of drug-likeness (QED) is 0.766. The molecule has 0 spiro atoms. The van der Waals surface area contributed by atoms with Crippen molar-refractivity contribution in [2.24, 2.45) is 7.05 Å². The van der Waals surface area contributed by atoms with Crippen LogP contribution in [0.2, 0.25) is 0 Å². The number of morpholine rings is 1. The van der Waals surface area contributed by atoms with E-state index in [0.717, 1.165) is 57.3 Å². The van der Waals surface area contributed by atoms with Gasteiger partial charge in [0, 0.05) is 45.0 Å². The van der Waals surface area contributed by atoms with Crippen molar-refractivity contribution in [3.05, 3.63) is 28.2 Å². The Balaban J connectivity index is 1.76. The standard InChI is InChI=1S/C16H24N4O3S/c1-18-15(21)4-3-14(17-18)16(22)20-5-2-10-24-12-13(20)11-19-6-8-23-9-7-19/h3-4,13H,2,5-12H2,1H3. The number of carbonyl (C=O) groups excluding carboxylic acids is 1. The molecule has 3 rings (SSSR count). The Labute approximate surface area is 145 Å². The molecule has 132 valence electrons. The van der Waals surface area contributed by atoms with E-state index in [4.69, 9.17) is 4.74 Å². The van der Waals surface area contributed by atoms with Crippen LogP contribution >= 0.6 is 11.8 Å². The topological polar surface area (TPSA) is 67.7 Å². The van der Waals surface area contributed by atoms with E-state index in [2.05, 4.69) is 10.00 Å². The molecular formula is C16H24N4O3S. The zero-order valence-corrected chi connectivity index (χ0v) is 14.8. The highest BCUT2D eigenvalue weighted by Gasteiger charge is 2.29. The summed E-state index contributed by atoms with van der Waals surface area (Å²) in [6, 6.07) is 3.11.